The number of nitrogens with zero attached hydrogens (tertiary/aromatic N) is 1. The number of carbonyl (C=O) groups excluding carboxylic acids is 1. The highest BCUT2D eigenvalue weighted by Crippen LogP contribution is 2.20. The van der Waals surface area contributed by atoms with Crippen molar-refractivity contribution in [2.24, 2.45) is 0 Å². The number of aromatic nitrogens is 1. The van der Waals surface area contributed by atoms with Crippen LogP contribution in [0, 0.1) is 13.8 Å². The van der Waals surface area contributed by atoms with E-state index in [-0.39, 0.29) is 5.91 Å². The van der Waals surface area contributed by atoms with E-state index in [1.54, 1.807) is 12.4 Å². The number of hydrogen-bond acceptors (Lipinski definition) is 2. The lowest BCUT2D eigenvalue weighted by Gasteiger charge is -2.09. The lowest BCUT2D eigenvalue weighted by Crippen LogP contribution is -2.13. The summed E-state index contributed by atoms with van der Waals surface area (Å²) in [5.41, 5.74) is 3.39. The summed E-state index contributed by atoms with van der Waals surface area (Å²) >= 11 is 3.39. The molecule has 1 heterocycles. The molecule has 0 spiro atoms. The van der Waals surface area contributed by atoms with Crippen LogP contribution in [-0.4, -0.2) is 10.9 Å². The molecule has 0 atom stereocenters. The minimum atomic E-state index is -0.137. The maximum atomic E-state index is 12.2. The molecule has 0 fully saturated rings. The van der Waals surface area contributed by atoms with Gasteiger partial charge in [-0.1, -0.05) is 11.6 Å². The monoisotopic (exact) mass is 304 g/mol. The van der Waals surface area contributed by atoms with Crippen molar-refractivity contribution in [3.8, 4) is 0 Å². The van der Waals surface area contributed by atoms with Gasteiger partial charge >= 0.3 is 0 Å². The lowest BCUT2D eigenvalue weighted by molar-refractivity contribution is 0.102. The average Bonchev–Trinajstić information content (AvgIpc) is 2.35. The van der Waals surface area contributed by atoms with Crippen LogP contribution in [0.5, 0.6) is 0 Å². The van der Waals surface area contributed by atoms with E-state index in [1.165, 1.54) is 0 Å². The van der Waals surface area contributed by atoms with E-state index in [1.807, 2.05) is 38.1 Å². The molecule has 92 valence electrons. The molecule has 1 aromatic heterocycles. The number of rotatable bonds is 2. The van der Waals surface area contributed by atoms with Gasteiger partial charge < -0.3 is 5.32 Å². The predicted octanol–water partition coefficient (Wildman–Crippen LogP) is 3.71. The average molecular weight is 305 g/mol. The van der Waals surface area contributed by atoms with Crippen LogP contribution >= 0.6 is 15.9 Å². The fourth-order valence-electron chi connectivity index (χ4n) is 1.60. The Kier molecular flexibility index (Phi) is 3.77. The molecule has 0 aliphatic heterocycles. The van der Waals surface area contributed by atoms with Gasteiger partial charge in [-0.3, -0.25) is 9.78 Å². The minimum Gasteiger partial charge on any atom is -0.320 e. The van der Waals surface area contributed by atoms with E-state index < -0.39 is 0 Å². The van der Waals surface area contributed by atoms with Crippen molar-refractivity contribution in [3.05, 3.63) is 57.8 Å². The van der Waals surface area contributed by atoms with E-state index in [9.17, 15) is 4.79 Å². The highest BCUT2D eigenvalue weighted by atomic mass is 79.9. The number of halogens is 1. The predicted molar refractivity (Wildman–Crippen MR) is 75.8 cm³/mol. The molecule has 0 unspecified atom stereocenters. The molecule has 0 bridgehead atoms. The van der Waals surface area contributed by atoms with Crippen molar-refractivity contribution in [3.63, 3.8) is 0 Å². The maximum Gasteiger partial charge on any atom is 0.256 e. The molecule has 3 nitrogen and oxygen atoms in total. The van der Waals surface area contributed by atoms with Crippen LogP contribution in [0.1, 0.15) is 21.5 Å². The third kappa shape index (κ3) is 2.76. The van der Waals surface area contributed by atoms with Gasteiger partial charge in [-0.15, -0.1) is 0 Å². The Balaban J connectivity index is 2.28. The second kappa shape index (κ2) is 5.31. The van der Waals surface area contributed by atoms with E-state index in [2.05, 4.69) is 26.2 Å². The third-order valence-corrected chi connectivity index (χ3v) is 3.35. The van der Waals surface area contributed by atoms with Crippen LogP contribution in [0.15, 0.2) is 41.1 Å². The first-order valence-corrected chi connectivity index (χ1v) is 6.35. The second-order valence-electron chi connectivity index (χ2n) is 4.13. The fraction of sp³-hybridized carbons (Fsp3) is 0.143. The number of benzene rings is 1. The summed E-state index contributed by atoms with van der Waals surface area (Å²) < 4.78 is 0.784. The SMILES string of the molecule is Cc1ccc(Br)c(C(=O)Nc2cnccc2C)c1. The largest absolute Gasteiger partial charge is 0.320 e. The second-order valence-corrected chi connectivity index (χ2v) is 4.98. The van der Waals surface area contributed by atoms with Gasteiger partial charge in [-0.25, -0.2) is 0 Å². The molecule has 2 aromatic rings. The molecular weight excluding hydrogens is 292 g/mol. The molecular formula is C14H13BrN2O. The number of aryl methyl sites for hydroxylation is 2. The van der Waals surface area contributed by atoms with Crippen molar-refractivity contribution in [2.45, 2.75) is 13.8 Å². The Hall–Kier alpha value is -1.68. The van der Waals surface area contributed by atoms with Crippen LogP contribution in [-0.2, 0) is 0 Å². The highest BCUT2D eigenvalue weighted by molar-refractivity contribution is 9.10. The normalized spacial score (nSPS) is 10.2. The number of nitrogens with one attached hydrogen (secondary N) is 1. The van der Waals surface area contributed by atoms with Crippen molar-refractivity contribution in [1.82, 2.24) is 4.98 Å². The van der Waals surface area contributed by atoms with Gasteiger partial charge in [0.05, 0.1) is 17.4 Å². The van der Waals surface area contributed by atoms with E-state index in [4.69, 9.17) is 0 Å². The standard InChI is InChI=1S/C14H13BrN2O/c1-9-3-4-12(15)11(7-9)14(18)17-13-8-16-6-5-10(13)2/h3-8H,1-2H3,(H,17,18). The Labute approximate surface area is 114 Å². The smallest absolute Gasteiger partial charge is 0.256 e. The zero-order valence-electron chi connectivity index (χ0n) is 10.2. The Morgan fingerprint density at radius 2 is 2.06 bits per heavy atom. The van der Waals surface area contributed by atoms with Crippen molar-refractivity contribution in [1.29, 1.82) is 0 Å². The molecule has 0 aliphatic carbocycles. The summed E-state index contributed by atoms with van der Waals surface area (Å²) in [5, 5.41) is 2.86. The van der Waals surface area contributed by atoms with Crippen molar-refractivity contribution < 1.29 is 4.79 Å². The van der Waals surface area contributed by atoms with E-state index >= 15 is 0 Å². The summed E-state index contributed by atoms with van der Waals surface area (Å²) in [6.45, 7) is 3.89. The van der Waals surface area contributed by atoms with Gasteiger partial charge in [0.1, 0.15) is 0 Å². The summed E-state index contributed by atoms with van der Waals surface area (Å²) in [7, 11) is 0. The molecule has 1 aromatic carbocycles. The Morgan fingerprint density at radius 1 is 1.28 bits per heavy atom. The Morgan fingerprint density at radius 3 is 2.78 bits per heavy atom. The van der Waals surface area contributed by atoms with Gasteiger partial charge in [-0.2, -0.15) is 0 Å². The van der Waals surface area contributed by atoms with Gasteiger partial charge in [0.15, 0.2) is 0 Å². The molecule has 1 N–H and O–H groups in total. The molecule has 1 amide bonds. The number of anilines is 1. The first-order valence-electron chi connectivity index (χ1n) is 5.56. The molecule has 18 heavy (non-hydrogen) atoms. The van der Waals surface area contributed by atoms with Crippen LogP contribution in [0.2, 0.25) is 0 Å². The molecule has 4 heteroatoms. The van der Waals surface area contributed by atoms with Gasteiger partial charge in [-0.05, 0) is 53.5 Å². The number of hydrogen-bond donors (Lipinski definition) is 1. The zero-order valence-corrected chi connectivity index (χ0v) is 11.8. The molecule has 2 rings (SSSR count). The summed E-state index contributed by atoms with van der Waals surface area (Å²) in [6.07, 6.45) is 3.35. The highest BCUT2D eigenvalue weighted by Gasteiger charge is 2.11. The van der Waals surface area contributed by atoms with Gasteiger partial charge in [0.25, 0.3) is 5.91 Å². The van der Waals surface area contributed by atoms with Crippen LogP contribution in [0.3, 0.4) is 0 Å². The third-order valence-electron chi connectivity index (χ3n) is 2.65. The topological polar surface area (TPSA) is 42.0 Å². The molecule has 0 saturated heterocycles. The first kappa shape index (κ1) is 12.8. The first-order chi connectivity index (χ1) is 8.58. The number of pyridine rings is 1. The van der Waals surface area contributed by atoms with Gasteiger partial charge in [0.2, 0.25) is 0 Å². The zero-order chi connectivity index (χ0) is 13.1. The Bertz CT molecular complexity index is 596. The van der Waals surface area contributed by atoms with Crippen LogP contribution in [0.4, 0.5) is 5.69 Å². The van der Waals surface area contributed by atoms with E-state index in [0.717, 1.165) is 21.3 Å². The fourth-order valence-corrected chi connectivity index (χ4v) is 2.02. The maximum absolute atomic E-state index is 12.2. The summed E-state index contributed by atoms with van der Waals surface area (Å²) in [5.74, 6) is -0.137. The number of amides is 1. The van der Waals surface area contributed by atoms with Gasteiger partial charge in [0, 0.05) is 10.7 Å². The molecule has 0 saturated carbocycles. The quantitative estimate of drug-likeness (QED) is 0.919. The summed E-state index contributed by atoms with van der Waals surface area (Å²) in [4.78, 5) is 16.2. The van der Waals surface area contributed by atoms with Crippen molar-refractivity contribution >= 4 is 27.5 Å². The summed E-state index contributed by atoms with van der Waals surface area (Å²) in [6, 6.07) is 7.54. The van der Waals surface area contributed by atoms with Crippen LogP contribution < -0.4 is 5.32 Å². The number of carbonyl (C=O) groups is 1. The minimum absolute atomic E-state index is 0.137. The van der Waals surface area contributed by atoms with Crippen LogP contribution in [0.25, 0.3) is 0 Å². The molecule has 0 aliphatic rings. The van der Waals surface area contributed by atoms with E-state index in [0.29, 0.717) is 5.56 Å². The van der Waals surface area contributed by atoms with Crippen molar-refractivity contribution in [2.75, 3.05) is 5.32 Å². The molecule has 0 radical (unpaired) electrons. The lowest BCUT2D eigenvalue weighted by atomic mass is 10.1.